The monoisotopic (exact) mass is 237 g/mol. The smallest absolute Gasteiger partial charge is 0.224 e. The van der Waals surface area contributed by atoms with Crippen molar-refractivity contribution >= 4 is 5.91 Å². The van der Waals surface area contributed by atoms with E-state index in [1.54, 1.807) is 0 Å². The highest BCUT2D eigenvalue weighted by Gasteiger charge is 2.42. The predicted molar refractivity (Wildman–Crippen MR) is 66.7 cm³/mol. The Balaban J connectivity index is 1.50. The summed E-state index contributed by atoms with van der Waals surface area (Å²) in [4.78, 5) is 16.3. The number of rotatable bonds is 3. The second-order valence-corrected chi connectivity index (χ2v) is 5.93. The molecule has 0 bridgehead atoms. The highest BCUT2D eigenvalue weighted by molar-refractivity contribution is 5.80. The van der Waals surface area contributed by atoms with Crippen molar-refractivity contribution in [2.24, 2.45) is 5.92 Å². The van der Waals surface area contributed by atoms with E-state index in [2.05, 4.69) is 22.2 Å². The summed E-state index contributed by atoms with van der Waals surface area (Å²) >= 11 is 0. The van der Waals surface area contributed by atoms with E-state index in [9.17, 15) is 4.79 Å². The van der Waals surface area contributed by atoms with Gasteiger partial charge in [0, 0.05) is 31.6 Å². The molecule has 0 saturated carbocycles. The lowest BCUT2D eigenvalue weighted by Crippen LogP contribution is -2.41. The molecular weight excluding hydrogens is 214 g/mol. The number of likely N-dealkylation sites (tertiary alicyclic amines) is 1. The van der Waals surface area contributed by atoms with Crippen molar-refractivity contribution in [3.8, 4) is 0 Å². The zero-order chi connectivity index (χ0) is 11.8. The molecule has 0 aliphatic carbocycles. The van der Waals surface area contributed by atoms with Crippen molar-refractivity contribution in [3.63, 3.8) is 0 Å². The minimum Gasteiger partial charge on any atom is -0.338 e. The Morgan fingerprint density at radius 2 is 2.24 bits per heavy atom. The van der Waals surface area contributed by atoms with Crippen LogP contribution >= 0.6 is 0 Å². The van der Waals surface area contributed by atoms with Crippen LogP contribution < -0.4 is 5.32 Å². The van der Waals surface area contributed by atoms with Crippen LogP contribution in [0.15, 0.2) is 0 Å². The van der Waals surface area contributed by atoms with Crippen LogP contribution in [-0.2, 0) is 4.79 Å². The third-order valence-electron chi connectivity index (χ3n) is 4.64. The van der Waals surface area contributed by atoms with Gasteiger partial charge in [-0.3, -0.25) is 4.79 Å². The Morgan fingerprint density at radius 3 is 3.00 bits per heavy atom. The standard InChI is InChI=1S/C13H23N3O/c1-15-6-4-10(9-15)8-14-11-7-13(17)16-5-2-3-12(11)16/h10-12,14H,2-9H2,1H3. The minimum absolute atomic E-state index is 0.369. The molecule has 0 aromatic rings. The van der Waals surface area contributed by atoms with Gasteiger partial charge >= 0.3 is 0 Å². The van der Waals surface area contributed by atoms with Crippen LogP contribution in [0, 0.1) is 5.92 Å². The van der Waals surface area contributed by atoms with E-state index in [1.807, 2.05) is 0 Å². The number of hydrogen-bond acceptors (Lipinski definition) is 3. The van der Waals surface area contributed by atoms with E-state index >= 15 is 0 Å². The molecule has 3 aliphatic rings. The van der Waals surface area contributed by atoms with E-state index in [4.69, 9.17) is 0 Å². The van der Waals surface area contributed by atoms with Crippen molar-refractivity contribution in [2.45, 2.75) is 37.8 Å². The molecule has 3 fully saturated rings. The normalized spacial score (nSPS) is 38.1. The molecule has 1 N–H and O–H groups in total. The number of nitrogens with one attached hydrogen (secondary N) is 1. The maximum Gasteiger partial charge on any atom is 0.224 e. The molecule has 4 nitrogen and oxygen atoms in total. The highest BCUT2D eigenvalue weighted by atomic mass is 16.2. The minimum atomic E-state index is 0.369. The Morgan fingerprint density at radius 1 is 1.35 bits per heavy atom. The summed E-state index contributed by atoms with van der Waals surface area (Å²) in [6.07, 6.45) is 4.43. The van der Waals surface area contributed by atoms with Gasteiger partial charge in [-0.25, -0.2) is 0 Å². The van der Waals surface area contributed by atoms with Crippen molar-refractivity contribution in [2.75, 3.05) is 33.2 Å². The van der Waals surface area contributed by atoms with Gasteiger partial charge in [-0.2, -0.15) is 0 Å². The van der Waals surface area contributed by atoms with Crippen molar-refractivity contribution in [1.82, 2.24) is 15.1 Å². The largest absolute Gasteiger partial charge is 0.338 e. The molecule has 0 aromatic heterocycles. The van der Waals surface area contributed by atoms with E-state index in [0.29, 0.717) is 18.0 Å². The Kier molecular flexibility index (Phi) is 3.09. The Hall–Kier alpha value is -0.610. The van der Waals surface area contributed by atoms with Crippen LogP contribution in [0.2, 0.25) is 0 Å². The molecule has 3 rings (SSSR count). The first-order valence-corrected chi connectivity index (χ1v) is 6.95. The van der Waals surface area contributed by atoms with Gasteiger partial charge in [0.1, 0.15) is 0 Å². The average Bonchev–Trinajstić information content (AvgIpc) is 2.96. The van der Waals surface area contributed by atoms with Gasteiger partial charge in [0.25, 0.3) is 0 Å². The molecule has 0 aromatic carbocycles. The fourth-order valence-electron chi connectivity index (χ4n) is 3.68. The van der Waals surface area contributed by atoms with Crippen LogP contribution in [0.3, 0.4) is 0 Å². The SMILES string of the molecule is CN1CCC(CNC2CC(=O)N3CCCC23)C1. The van der Waals surface area contributed by atoms with Crippen LogP contribution in [0.5, 0.6) is 0 Å². The quantitative estimate of drug-likeness (QED) is 0.766. The predicted octanol–water partition coefficient (Wildman–Crippen LogP) is 0.291. The molecule has 96 valence electrons. The van der Waals surface area contributed by atoms with Gasteiger partial charge in [-0.1, -0.05) is 0 Å². The third-order valence-corrected chi connectivity index (χ3v) is 4.64. The van der Waals surface area contributed by atoms with E-state index < -0.39 is 0 Å². The first-order chi connectivity index (χ1) is 8.24. The average molecular weight is 237 g/mol. The fraction of sp³-hybridized carbons (Fsp3) is 0.923. The number of carbonyl (C=O) groups is 1. The molecule has 17 heavy (non-hydrogen) atoms. The summed E-state index contributed by atoms with van der Waals surface area (Å²) in [5.74, 6) is 1.15. The third kappa shape index (κ3) is 2.20. The van der Waals surface area contributed by atoms with E-state index in [-0.39, 0.29) is 0 Å². The fourth-order valence-corrected chi connectivity index (χ4v) is 3.68. The topological polar surface area (TPSA) is 35.6 Å². The Bertz CT molecular complexity index is 307. The molecular formula is C13H23N3O. The number of fused-ring (bicyclic) bond motifs is 1. The molecule has 3 heterocycles. The van der Waals surface area contributed by atoms with Crippen LogP contribution in [0.4, 0.5) is 0 Å². The molecule has 3 atom stereocenters. The first-order valence-electron chi connectivity index (χ1n) is 6.95. The molecule has 4 heteroatoms. The summed E-state index contributed by atoms with van der Waals surface area (Å²) < 4.78 is 0. The second-order valence-electron chi connectivity index (χ2n) is 5.93. The number of carbonyl (C=O) groups excluding carboxylic acids is 1. The van der Waals surface area contributed by atoms with Gasteiger partial charge in [0.15, 0.2) is 0 Å². The Labute approximate surface area is 103 Å². The molecule has 0 spiro atoms. The van der Waals surface area contributed by atoms with Crippen molar-refractivity contribution in [3.05, 3.63) is 0 Å². The van der Waals surface area contributed by atoms with E-state index in [0.717, 1.165) is 25.4 Å². The summed E-state index contributed by atoms with van der Waals surface area (Å²) in [5, 5.41) is 3.66. The summed E-state index contributed by atoms with van der Waals surface area (Å²) in [6.45, 7) is 4.52. The summed E-state index contributed by atoms with van der Waals surface area (Å²) in [6, 6.07) is 0.928. The van der Waals surface area contributed by atoms with Crippen LogP contribution in [-0.4, -0.2) is 61.0 Å². The maximum atomic E-state index is 11.8. The van der Waals surface area contributed by atoms with Gasteiger partial charge in [0.05, 0.1) is 0 Å². The molecule has 1 amide bonds. The highest BCUT2D eigenvalue weighted by Crippen LogP contribution is 2.29. The van der Waals surface area contributed by atoms with Crippen molar-refractivity contribution in [1.29, 1.82) is 0 Å². The zero-order valence-electron chi connectivity index (χ0n) is 10.7. The zero-order valence-corrected chi connectivity index (χ0v) is 10.7. The lowest BCUT2D eigenvalue weighted by atomic mass is 10.0. The number of nitrogens with zero attached hydrogens (tertiary/aromatic N) is 2. The first kappa shape index (κ1) is 11.5. The maximum absolute atomic E-state index is 11.8. The van der Waals surface area contributed by atoms with Crippen LogP contribution in [0.25, 0.3) is 0 Å². The van der Waals surface area contributed by atoms with Gasteiger partial charge < -0.3 is 15.1 Å². The second kappa shape index (κ2) is 4.58. The molecule has 0 radical (unpaired) electrons. The molecule has 3 aliphatic heterocycles. The molecule has 3 saturated heterocycles. The number of amides is 1. The van der Waals surface area contributed by atoms with Gasteiger partial charge in [0.2, 0.25) is 5.91 Å². The number of hydrogen-bond donors (Lipinski definition) is 1. The van der Waals surface area contributed by atoms with Crippen molar-refractivity contribution < 1.29 is 4.79 Å². The van der Waals surface area contributed by atoms with E-state index in [1.165, 1.54) is 32.4 Å². The lowest BCUT2D eigenvalue weighted by molar-refractivity contribution is -0.127. The van der Waals surface area contributed by atoms with Crippen LogP contribution in [0.1, 0.15) is 25.7 Å². The van der Waals surface area contributed by atoms with Gasteiger partial charge in [-0.05, 0) is 45.3 Å². The summed E-state index contributed by atoms with van der Waals surface area (Å²) in [7, 11) is 2.19. The lowest BCUT2D eigenvalue weighted by Gasteiger charge is -2.22. The molecule has 3 unspecified atom stereocenters. The van der Waals surface area contributed by atoms with Gasteiger partial charge in [-0.15, -0.1) is 0 Å². The summed E-state index contributed by atoms with van der Waals surface area (Å²) in [5.41, 5.74) is 0.